The molecule has 19 heteroatoms. The Balaban J connectivity index is 1.22. The molecule has 76 heavy (non-hydrogen) atoms. The van der Waals surface area contributed by atoms with E-state index < -0.39 is 96.6 Å². The van der Waals surface area contributed by atoms with Gasteiger partial charge in [-0.05, 0) is 84.7 Å². The van der Waals surface area contributed by atoms with Gasteiger partial charge in [-0.15, -0.1) is 16.9 Å². The van der Waals surface area contributed by atoms with Crippen LogP contribution >= 0.6 is 11.8 Å². The van der Waals surface area contributed by atoms with Crippen LogP contribution in [0.1, 0.15) is 136 Å². The Hall–Kier alpha value is -3.18. The Kier molecular flexibility index (Phi) is 21.5. The third kappa shape index (κ3) is 14.2. The molecule has 428 valence electrons. The van der Waals surface area contributed by atoms with Crippen molar-refractivity contribution in [1.82, 2.24) is 19.9 Å². The highest BCUT2D eigenvalue weighted by Crippen LogP contribution is 2.44. The first kappa shape index (κ1) is 62.0. The largest absolute Gasteiger partial charge is 0.390 e. The van der Waals surface area contributed by atoms with Gasteiger partial charge in [-0.3, -0.25) is 9.79 Å². The van der Waals surface area contributed by atoms with Gasteiger partial charge in [0, 0.05) is 82.5 Å². The van der Waals surface area contributed by atoms with Crippen LogP contribution in [0.2, 0.25) is 0 Å². The molecule has 5 N–H and O–H groups in total. The number of amides is 1. The van der Waals surface area contributed by atoms with Crippen LogP contribution in [-0.2, 0) is 44.4 Å². The summed E-state index contributed by atoms with van der Waals surface area (Å²) in [5, 5.41) is 44.7. The first-order valence-corrected chi connectivity index (χ1v) is 28.3. The van der Waals surface area contributed by atoms with Gasteiger partial charge in [0.1, 0.15) is 31.0 Å². The summed E-state index contributed by atoms with van der Waals surface area (Å²) < 4.78 is 62.3. The van der Waals surface area contributed by atoms with Crippen LogP contribution in [0.4, 0.5) is 4.39 Å². The van der Waals surface area contributed by atoms with Gasteiger partial charge in [0.05, 0.1) is 58.1 Å². The van der Waals surface area contributed by atoms with Crippen molar-refractivity contribution in [1.29, 1.82) is 0 Å². The van der Waals surface area contributed by atoms with Gasteiger partial charge in [-0.1, -0.05) is 87.9 Å². The van der Waals surface area contributed by atoms with Crippen LogP contribution in [0.5, 0.6) is 0 Å². The maximum atomic E-state index is 15.0. The summed E-state index contributed by atoms with van der Waals surface area (Å²) in [7, 11) is 6.91. The lowest BCUT2D eigenvalue weighted by Crippen LogP contribution is -2.58. The molecule has 0 bridgehead atoms. The van der Waals surface area contributed by atoms with Crippen LogP contribution < -0.4 is 5.73 Å². The Morgan fingerprint density at radius 1 is 0.974 bits per heavy atom. The van der Waals surface area contributed by atoms with Crippen molar-refractivity contribution in [3.05, 3.63) is 71.6 Å². The summed E-state index contributed by atoms with van der Waals surface area (Å²) in [5.74, 6) is -1.22. The Morgan fingerprint density at radius 2 is 1.66 bits per heavy atom. The molecule has 0 radical (unpaired) electrons. The number of alkyl halides is 1. The number of methoxy groups -OCH3 is 3. The van der Waals surface area contributed by atoms with Gasteiger partial charge in [-0.2, -0.15) is 0 Å². The SMILES string of the molecule is C=C1C[C@H](CC)[C@@](C)(O)C(O)C(C)C(=C)[C@H](C)C[C@@](C)(OC)[C@H](OC2CC(N(C)CCc3cn([C@H](CF)C(OC)c4ccc(C5=N[C@@H](C(N)=O)CS5)cc4)nn3)C[C@@H](C)O2)[C@@H](C)[C@H](O[C@H]2C[C@@](C)(OC)[C@@H](O)[C@H](C)O2)C1. The second-order valence-corrected chi connectivity index (χ2v) is 24.0. The maximum absolute atomic E-state index is 15.0. The number of carbonyl (C=O) groups is 1. The number of aliphatic hydroxyl groups is 3. The topological polar surface area (TPSA) is 215 Å². The van der Waals surface area contributed by atoms with E-state index in [1.165, 1.54) is 11.8 Å². The third-order valence-electron chi connectivity index (χ3n) is 17.5. The number of nitrogens with zero attached hydrogens (tertiary/aromatic N) is 5. The molecule has 1 aromatic heterocycles. The average Bonchev–Trinajstić information content (AvgIpc) is 4.09. The van der Waals surface area contributed by atoms with E-state index in [0.717, 1.165) is 33.7 Å². The van der Waals surface area contributed by atoms with E-state index >= 15 is 0 Å². The second kappa shape index (κ2) is 26.4. The van der Waals surface area contributed by atoms with Crippen molar-refractivity contribution in [2.75, 3.05) is 47.3 Å². The molecule has 2 saturated heterocycles. The lowest BCUT2D eigenvalue weighted by atomic mass is 9.69. The first-order chi connectivity index (χ1) is 35.8. The van der Waals surface area contributed by atoms with E-state index in [-0.39, 0.29) is 36.3 Å². The zero-order valence-electron chi connectivity index (χ0n) is 47.5. The summed E-state index contributed by atoms with van der Waals surface area (Å²) in [5.41, 5.74) is 6.12. The summed E-state index contributed by atoms with van der Waals surface area (Å²) >= 11 is 1.48. The molecular formula is C57H91FN6O11S. The number of primary amides is 1. The number of hydrogen-bond donors (Lipinski definition) is 4. The number of aliphatic imine (C=N–C) groups is 1. The average molecular weight is 1090 g/mol. The van der Waals surface area contributed by atoms with Crippen molar-refractivity contribution in [2.24, 2.45) is 34.4 Å². The Bertz CT molecular complexity index is 2270. The molecule has 2 aromatic rings. The third-order valence-corrected chi connectivity index (χ3v) is 18.6. The standard InChI is InChI=1S/C57H91FN6O11S/c1-16-41-23-32(2)24-46(74-48-28-55(9,70-14)51(66)38(8)73-48)37(7)52(56(10,71-15)27-33(3)35(5)36(6)50(65)57(41,11)68)75-47-26-43(25-34(4)72-47)63(12)22-21-42-30-64(62-61-42)45(29-58)49(69-13)39-17-19-40(20-18-39)54-60-44(31-76-54)53(59)67/h17-20,30,33-34,36-38,41,43-52,65-66,68H,2,5,16,21-29,31H2,1,3-4,6-15H3,(H2,59,67)/t33-,34-,36?,37+,38+,41+,43?,44-,45-,46-,47?,48+,49?,50?,51+,52-,55-,56-,57-/m1/s1. The molecule has 17 nitrogen and oxygen atoms in total. The highest BCUT2D eigenvalue weighted by molar-refractivity contribution is 8.14. The van der Waals surface area contributed by atoms with Crippen molar-refractivity contribution in [3.63, 3.8) is 0 Å². The van der Waals surface area contributed by atoms with Crippen LogP contribution in [0, 0.1) is 23.7 Å². The highest BCUT2D eigenvalue weighted by atomic mass is 32.2. The Labute approximate surface area is 455 Å². The van der Waals surface area contributed by atoms with E-state index in [1.807, 2.05) is 58.9 Å². The molecule has 3 fully saturated rings. The molecule has 1 saturated carbocycles. The molecule has 1 aromatic carbocycles. The predicted octanol–water partition coefficient (Wildman–Crippen LogP) is 7.31. The molecule has 1 amide bonds. The maximum Gasteiger partial charge on any atom is 0.243 e. The smallest absolute Gasteiger partial charge is 0.243 e. The van der Waals surface area contributed by atoms with Crippen LogP contribution in [0.3, 0.4) is 0 Å². The number of nitrogens with two attached hydrogens (primary N) is 1. The van der Waals surface area contributed by atoms with Crippen LogP contribution in [0.25, 0.3) is 0 Å². The van der Waals surface area contributed by atoms with Crippen LogP contribution in [-0.4, -0.2) is 172 Å². The van der Waals surface area contributed by atoms with Gasteiger partial charge in [0.2, 0.25) is 5.91 Å². The predicted molar refractivity (Wildman–Crippen MR) is 292 cm³/mol. The number of thioether (sulfide) groups is 1. The second-order valence-electron chi connectivity index (χ2n) is 23.0. The number of halogens is 1. The monoisotopic (exact) mass is 1090 g/mol. The minimum absolute atomic E-state index is 0.0584. The van der Waals surface area contributed by atoms with Crippen molar-refractivity contribution >= 4 is 22.7 Å². The quantitative estimate of drug-likeness (QED) is 0.108. The summed E-state index contributed by atoms with van der Waals surface area (Å²) in [6, 6.07) is 6.28. The molecule has 4 heterocycles. The fraction of sp³-hybridized carbons (Fsp3) is 0.754. The fourth-order valence-corrected chi connectivity index (χ4v) is 13.2. The number of ether oxygens (including phenoxy) is 7. The number of rotatable bonds is 18. The van der Waals surface area contributed by atoms with Gasteiger partial charge >= 0.3 is 0 Å². The molecule has 5 unspecified atom stereocenters. The molecule has 6 rings (SSSR count). The zero-order valence-corrected chi connectivity index (χ0v) is 48.3. The number of hydrogen-bond acceptors (Lipinski definition) is 16. The van der Waals surface area contributed by atoms with Gasteiger partial charge in [-0.25, -0.2) is 9.07 Å². The minimum Gasteiger partial charge on any atom is -0.390 e. The lowest BCUT2D eigenvalue weighted by molar-refractivity contribution is -0.305. The summed E-state index contributed by atoms with van der Waals surface area (Å²) in [6.07, 6.45) is -0.0593. The summed E-state index contributed by atoms with van der Waals surface area (Å²) in [6.45, 7) is 26.6. The van der Waals surface area contributed by atoms with E-state index in [9.17, 15) is 24.5 Å². The normalized spacial score (nSPS) is 38.2. The minimum atomic E-state index is -1.44. The zero-order chi connectivity index (χ0) is 56.0. The number of aliphatic hydroxyl groups excluding tert-OH is 2. The number of carbonyl (C=O) groups excluding carboxylic acids is 1. The first-order valence-electron chi connectivity index (χ1n) is 27.3. The Morgan fingerprint density at radius 3 is 2.26 bits per heavy atom. The van der Waals surface area contributed by atoms with Gasteiger partial charge in [0.25, 0.3) is 0 Å². The van der Waals surface area contributed by atoms with E-state index in [2.05, 4.69) is 61.2 Å². The van der Waals surface area contributed by atoms with E-state index in [1.54, 1.807) is 39.1 Å². The summed E-state index contributed by atoms with van der Waals surface area (Å²) in [4.78, 5) is 18.4. The fourth-order valence-electron chi connectivity index (χ4n) is 12.1. The molecule has 19 atom stereocenters. The van der Waals surface area contributed by atoms with Gasteiger partial charge in [0.15, 0.2) is 12.6 Å². The number of benzene rings is 1. The molecule has 3 aliphatic heterocycles. The molecule has 1 aliphatic carbocycles. The molecule has 0 spiro atoms. The van der Waals surface area contributed by atoms with Crippen LogP contribution in [0.15, 0.2) is 59.8 Å². The van der Waals surface area contributed by atoms with E-state index in [4.69, 9.17) is 38.9 Å². The number of likely N-dealkylation sites (N-methyl/N-ethyl adjacent to an activating group) is 1. The lowest BCUT2D eigenvalue weighted by Gasteiger charge is -2.49. The van der Waals surface area contributed by atoms with Crippen molar-refractivity contribution in [3.8, 4) is 0 Å². The van der Waals surface area contributed by atoms with E-state index in [0.29, 0.717) is 56.5 Å². The molecular weight excluding hydrogens is 996 g/mol. The number of aromatic nitrogens is 3. The molecule has 4 aliphatic rings. The van der Waals surface area contributed by atoms with Crippen molar-refractivity contribution in [2.45, 2.75) is 204 Å². The van der Waals surface area contributed by atoms with Crippen molar-refractivity contribution < 1.29 is 57.7 Å². The van der Waals surface area contributed by atoms with Gasteiger partial charge < -0.3 is 59.1 Å². The highest BCUT2D eigenvalue weighted by Gasteiger charge is 2.51.